The summed E-state index contributed by atoms with van der Waals surface area (Å²) >= 11 is 0. The van der Waals surface area contributed by atoms with Crippen molar-refractivity contribution in [3.8, 4) is 17.1 Å². The third-order valence-corrected chi connectivity index (χ3v) is 6.55. The summed E-state index contributed by atoms with van der Waals surface area (Å²) in [5.74, 6) is -1.29. The summed E-state index contributed by atoms with van der Waals surface area (Å²) < 4.78 is 64.3. The van der Waals surface area contributed by atoms with Crippen molar-refractivity contribution in [3.05, 3.63) is 120 Å². The van der Waals surface area contributed by atoms with Crippen LogP contribution in [0.15, 0.2) is 76.3 Å². The van der Waals surface area contributed by atoms with Gasteiger partial charge in [0, 0.05) is 12.1 Å². The Morgan fingerprint density at radius 3 is 2.32 bits per heavy atom. The average molecular weight is 569 g/mol. The topological polar surface area (TPSA) is 114 Å². The summed E-state index contributed by atoms with van der Waals surface area (Å²) in [5, 5.41) is 15.3. The Bertz CT molecular complexity index is 1940. The fourth-order valence-corrected chi connectivity index (χ4v) is 4.59. The van der Waals surface area contributed by atoms with E-state index in [0.717, 1.165) is 16.7 Å². The normalized spacial score (nSPS) is 11.7. The highest BCUT2D eigenvalue weighted by atomic mass is 19.4. The van der Waals surface area contributed by atoms with Gasteiger partial charge in [0.05, 0.1) is 41.2 Å². The van der Waals surface area contributed by atoms with E-state index < -0.39 is 46.0 Å². The maximum Gasteiger partial charge on any atom is 0.416 e. The van der Waals surface area contributed by atoms with E-state index in [2.05, 4.69) is 5.10 Å². The molecule has 0 saturated carbocycles. The van der Waals surface area contributed by atoms with Crippen LogP contribution < -0.4 is 16.0 Å². The maximum absolute atomic E-state index is 15.3. The lowest BCUT2D eigenvalue weighted by Crippen LogP contribution is -2.40. The zero-order chi connectivity index (χ0) is 29.6. The predicted molar refractivity (Wildman–Crippen MR) is 139 cm³/mol. The molecule has 14 heteroatoms. The van der Waals surface area contributed by atoms with Crippen LogP contribution in [0.25, 0.3) is 22.4 Å². The minimum Gasteiger partial charge on any atom is -0.494 e. The van der Waals surface area contributed by atoms with Gasteiger partial charge < -0.3 is 4.74 Å². The van der Waals surface area contributed by atoms with E-state index in [1.165, 1.54) is 73.3 Å². The number of fused-ring (bicyclic) bond motifs is 1. The SMILES string of the molecule is COc1cccc(-n2c(=O)c3c(C)n(-c4ccc([N+](=O)[O-])cc4)nc3n(Cc3ccccc3C(F)(F)F)c2=O)c1F. The van der Waals surface area contributed by atoms with E-state index in [0.29, 0.717) is 4.57 Å². The number of rotatable bonds is 6. The van der Waals surface area contributed by atoms with E-state index >= 15 is 4.39 Å². The first-order valence-electron chi connectivity index (χ1n) is 11.9. The highest BCUT2D eigenvalue weighted by Crippen LogP contribution is 2.32. The van der Waals surface area contributed by atoms with Gasteiger partial charge in [-0.3, -0.25) is 19.5 Å². The average Bonchev–Trinajstić information content (AvgIpc) is 3.28. The van der Waals surface area contributed by atoms with Crippen LogP contribution in [0.1, 0.15) is 16.8 Å². The fourth-order valence-electron chi connectivity index (χ4n) is 4.59. The van der Waals surface area contributed by atoms with Gasteiger partial charge >= 0.3 is 11.9 Å². The van der Waals surface area contributed by atoms with Gasteiger partial charge in [0.2, 0.25) is 0 Å². The van der Waals surface area contributed by atoms with Crippen molar-refractivity contribution >= 4 is 16.7 Å². The number of ether oxygens (including phenoxy) is 1. The lowest BCUT2D eigenvalue weighted by Gasteiger charge is -2.16. The first-order valence-corrected chi connectivity index (χ1v) is 11.9. The summed E-state index contributed by atoms with van der Waals surface area (Å²) in [7, 11) is 1.19. The van der Waals surface area contributed by atoms with Crippen molar-refractivity contribution in [2.24, 2.45) is 0 Å². The number of non-ortho nitro benzene ring substituents is 1. The fraction of sp³-hybridized carbons (Fsp3) is 0.148. The summed E-state index contributed by atoms with van der Waals surface area (Å²) in [6, 6.07) is 13.5. The molecule has 0 saturated heterocycles. The molecule has 10 nitrogen and oxygen atoms in total. The molecule has 5 aromatic rings. The molecule has 0 N–H and O–H groups in total. The molecule has 2 heterocycles. The number of benzene rings is 3. The molecule has 0 amide bonds. The Hall–Kier alpha value is -5.27. The van der Waals surface area contributed by atoms with Crippen molar-refractivity contribution < 1.29 is 27.2 Å². The molecule has 0 fully saturated rings. The number of methoxy groups -OCH3 is 1. The molecular formula is C27H19F4N5O5. The third-order valence-electron chi connectivity index (χ3n) is 6.55. The smallest absolute Gasteiger partial charge is 0.416 e. The largest absolute Gasteiger partial charge is 0.494 e. The predicted octanol–water partition coefficient (Wildman–Crippen LogP) is 4.77. The van der Waals surface area contributed by atoms with Crippen molar-refractivity contribution in [1.82, 2.24) is 18.9 Å². The van der Waals surface area contributed by atoms with Gasteiger partial charge in [-0.15, -0.1) is 5.10 Å². The molecule has 0 aliphatic rings. The molecule has 210 valence electrons. The summed E-state index contributed by atoms with van der Waals surface area (Å²) in [6.07, 6.45) is -4.75. The standard InChI is InChI=1S/C27H19F4N5O5/c1-15-22-24(32-35(15)17-10-12-18(13-11-17)36(39)40)33(14-16-6-3-4-7-19(16)27(29,30)31)26(38)34(25(22)37)20-8-5-9-21(41-2)23(20)28/h3-13H,14H2,1-2H3. The van der Waals surface area contributed by atoms with Crippen LogP contribution in [0.4, 0.5) is 23.2 Å². The summed E-state index contributed by atoms with van der Waals surface area (Å²) in [6.45, 7) is 0.816. The van der Waals surface area contributed by atoms with Crippen LogP contribution in [0.5, 0.6) is 5.75 Å². The Balaban J connectivity index is 1.85. The second-order valence-corrected chi connectivity index (χ2v) is 8.93. The molecule has 0 unspecified atom stereocenters. The third kappa shape index (κ3) is 4.62. The van der Waals surface area contributed by atoms with E-state index in [1.54, 1.807) is 0 Å². The first-order chi connectivity index (χ1) is 19.4. The number of nitrogens with zero attached hydrogens (tertiary/aromatic N) is 5. The number of aryl methyl sites for hydroxylation is 1. The monoisotopic (exact) mass is 569 g/mol. The van der Waals surface area contributed by atoms with Gasteiger partial charge in [-0.05, 0) is 42.8 Å². The van der Waals surface area contributed by atoms with Gasteiger partial charge in [0.1, 0.15) is 5.39 Å². The van der Waals surface area contributed by atoms with Gasteiger partial charge in [0.25, 0.3) is 11.2 Å². The molecule has 0 atom stereocenters. The highest BCUT2D eigenvalue weighted by molar-refractivity contribution is 5.78. The van der Waals surface area contributed by atoms with Crippen LogP contribution in [0.2, 0.25) is 0 Å². The van der Waals surface area contributed by atoms with Crippen LogP contribution in [0, 0.1) is 22.9 Å². The van der Waals surface area contributed by atoms with E-state index in [-0.39, 0.29) is 39.4 Å². The van der Waals surface area contributed by atoms with Crippen molar-refractivity contribution in [3.63, 3.8) is 0 Å². The van der Waals surface area contributed by atoms with Gasteiger partial charge in [0.15, 0.2) is 17.2 Å². The Morgan fingerprint density at radius 2 is 1.68 bits per heavy atom. The van der Waals surface area contributed by atoms with Crippen LogP contribution in [-0.4, -0.2) is 30.9 Å². The number of halogens is 4. The maximum atomic E-state index is 15.3. The molecule has 2 aromatic heterocycles. The van der Waals surface area contributed by atoms with Crippen molar-refractivity contribution in [1.29, 1.82) is 0 Å². The van der Waals surface area contributed by atoms with E-state index in [4.69, 9.17) is 4.74 Å². The number of hydrogen-bond donors (Lipinski definition) is 0. The molecule has 0 bridgehead atoms. The molecule has 0 aliphatic heterocycles. The summed E-state index contributed by atoms with van der Waals surface area (Å²) in [5.41, 5.74) is -3.90. The van der Waals surface area contributed by atoms with Gasteiger partial charge in [-0.25, -0.2) is 18.4 Å². The van der Waals surface area contributed by atoms with Crippen LogP contribution in [0.3, 0.4) is 0 Å². The van der Waals surface area contributed by atoms with Crippen LogP contribution >= 0.6 is 0 Å². The van der Waals surface area contributed by atoms with Gasteiger partial charge in [-0.2, -0.15) is 13.2 Å². The number of nitro groups is 1. The van der Waals surface area contributed by atoms with E-state index in [1.807, 2.05) is 0 Å². The Morgan fingerprint density at radius 1 is 1.00 bits per heavy atom. The first kappa shape index (κ1) is 27.3. The molecule has 0 spiro atoms. The Kier molecular flexibility index (Phi) is 6.69. The van der Waals surface area contributed by atoms with Crippen LogP contribution in [-0.2, 0) is 12.7 Å². The zero-order valence-corrected chi connectivity index (χ0v) is 21.3. The number of hydrogen-bond acceptors (Lipinski definition) is 6. The number of aromatic nitrogens is 4. The number of nitro benzene ring substituents is 1. The number of alkyl halides is 3. The van der Waals surface area contributed by atoms with Gasteiger partial charge in [-0.1, -0.05) is 24.3 Å². The molecule has 41 heavy (non-hydrogen) atoms. The molecule has 0 radical (unpaired) electrons. The second-order valence-electron chi connectivity index (χ2n) is 8.93. The van der Waals surface area contributed by atoms with Crippen molar-refractivity contribution in [2.45, 2.75) is 19.6 Å². The molecular weight excluding hydrogens is 550 g/mol. The Labute approximate surface area is 227 Å². The molecule has 5 rings (SSSR count). The lowest BCUT2D eigenvalue weighted by atomic mass is 10.1. The lowest BCUT2D eigenvalue weighted by molar-refractivity contribution is -0.384. The minimum absolute atomic E-state index is 0.161. The highest BCUT2D eigenvalue weighted by Gasteiger charge is 2.33. The minimum atomic E-state index is -4.75. The molecule has 0 aliphatic carbocycles. The second kappa shape index (κ2) is 10.0. The quantitative estimate of drug-likeness (QED) is 0.165. The molecule has 3 aromatic carbocycles. The summed E-state index contributed by atoms with van der Waals surface area (Å²) in [4.78, 5) is 38.0. The van der Waals surface area contributed by atoms with Crippen molar-refractivity contribution in [2.75, 3.05) is 7.11 Å². The zero-order valence-electron chi connectivity index (χ0n) is 21.3. The van der Waals surface area contributed by atoms with E-state index in [9.17, 15) is 32.9 Å².